The maximum absolute atomic E-state index is 12.4. The van der Waals surface area contributed by atoms with Gasteiger partial charge in [-0.2, -0.15) is 8.78 Å². The molecule has 0 rings (SSSR count). The number of alkyl halides is 2. The maximum Gasteiger partial charge on any atom is 0.407 e. The lowest BCUT2D eigenvalue weighted by Gasteiger charge is -2.19. The van der Waals surface area contributed by atoms with E-state index in [2.05, 4.69) is 10.1 Å². The van der Waals surface area contributed by atoms with Crippen molar-refractivity contribution < 1.29 is 31.3 Å². The van der Waals surface area contributed by atoms with Gasteiger partial charge in [-0.25, -0.2) is 13.2 Å². The molecule has 0 radical (unpaired) electrons. The smallest absolute Gasteiger partial charge is 0.407 e. The maximum atomic E-state index is 12.4. The van der Waals surface area contributed by atoms with Crippen molar-refractivity contribution in [3.63, 3.8) is 0 Å². The van der Waals surface area contributed by atoms with Gasteiger partial charge in [0.05, 0.1) is 0 Å². The second kappa shape index (κ2) is 4.71. The van der Waals surface area contributed by atoms with E-state index in [4.69, 9.17) is 0 Å². The number of amides is 1. The van der Waals surface area contributed by atoms with E-state index in [1.54, 1.807) is 13.8 Å². The zero-order valence-electron chi connectivity index (χ0n) is 7.99. The summed E-state index contributed by atoms with van der Waals surface area (Å²) >= 11 is 0. The fraction of sp³-hybridized carbons (Fsp3) is 0.833. The standard InChI is InChI=1S/C6H11F2NO5S/c1-4(2)9-5(10)14-3-6(7,8)15(11,12)13/h4H,3H2,1-2H3,(H,9,10)(H,11,12,13)/p-1. The number of ether oxygens (including phenoxy) is 1. The van der Waals surface area contributed by atoms with E-state index in [0.717, 1.165) is 0 Å². The molecule has 0 saturated heterocycles. The number of hydrogen-bond donors (Lipinski definition) is 1. The molecule has 0 aromatic heterocycles. The molecule has 0 aliphatic carbocycles. The minimum atomic E-state index is -5.81. The highest BCUT2D eigenvalue weighted by molar-refractivity contribution is 7.86. The summed E-state index contributed by atoms with van der Waals surface area (Å²) in [6.07, 6.45) is -1.21. The van der Waals surface area contributed by atoms with Crippen molar-refractivity contribution in [1.82, 2.24) is 5.32 Å². The molecule has 0 aliphatic rings. The topological polar surface area (TPSA) is 95.5 Å². The Morgan fingerprint density at radius 3 is 2.33 bits per heavy atom. The Bertz CT molecular complexity index is 326. The van der Waals surface area contributed by atoms with Gasteiger partial charge in [-0.05, 0) is 13.8 Å². The normalized spacial score (nSPS) is 12.7. The zero-order valence-corrected chi connectivity index (χ0v) is 8.81. The highest BCUT2D eigenvalue weighted by Gasteiger charge is 2.39. The van der Waals surface area contributed by atoms with Gasteiger partial charge in [-0.1, -0.05) is 0 Å². The van der Waals surface area contributed by atoms with Crippen molar-refractivity contribution >= 4 is 16.2 Å². The summed E-state index contributed by atoms with van der Waals surface area (Å²) in [6.45, 7) is 1.30. The molecule has 0 spiro atoms. The minimum Gasteiger partial charge on any atom is -0.743 e. The van der Waals surface area contributed by atoms with Gasteiger partial charge in [0.15, 0.2) is 16.7 Å². The van der Waals surface area contributed by atoms with Crippen LogP contribution in [0.15, 0.2) is 0 Å². The Labute approximate surface area is 85.3 Å². The molecule has 1 amide bonds. The van der Waals surface area contributed by atoms with Crippen LogP contribution < -0.4 is 5.32 Å². The molecule has 9 heteroatoms. The quantitative estimate of drug-likeness (QED) is 0.718. The first-order valence-electron chi connectivity index (χ1n) is 3.83. The fourth-order valence-electron chi connectivity index (χ4n) is 0.499. The van der Waals surface area contributed by atoms with Gasteiger partial charge in [0.25, 0.3) is 0 Å². The predicted molar refractivity (Wildman–Crippen MR) is 44.3 cm³/mol. The van der Waals surface area contributed by atoms with E-state index in [1.165, 1.54) is 0 Å². The largest absolute Gasteiger partial charge is 0.743 e. The minimum absolute atomic E-state index is 0.352. The van der Waals surface area contributed by atoms with Crippen LogP contribution in [0.5, 0.6) is 0 Å². The monoisotopic (exact) mass is 246 g/mol. The van der Waals surface area contributed by atoms with Crippen LogP contribution in [0.4, 0.5) is 13.6 Å². The first-order valence-corrected chi connectivity index (χ1v) is 5.23. The number of halogens is 2. The first kappa shape index (κ1) is 14.0. The van der Waals surface area contributed by atoms with E-state index in [-0.39, 0.29) is 6.04 Å². The Balaban J connectivity index is 4.23. The van der Waals surface area contributed by atoms with Crippen LogP contribution in [0.25, 0.3) is 0 Å². The van der Waals surface area contributed by atoms with Crippen LogP contribution in [0.3, 0.4) is 0 Å². The Morgan fingerprint density at radius 1 is 1.53 bits per heavy atom. The van der Waals surface area contributed by atoms with Gasteiger partial charge in [0.2, 0.25) is 0 Å². The van der Waals surface area contributed by atoms with Gasteiger partial charge in [-0.3, -0.25) is 0 Å². The van der Waals surface area contributed by atoms with Crippen LogP contribution in [-0.2, 0) is 14.9 Å². The second-order valence-electron chi connectivity index (χ2n) is 2.97. The number of carbonyl (C=O) groups excluding carboxylic acids is 1. The Hall–Kier alpha value is -0.960. The SMILES string of the molecule is CC(C)NC(=O)OCC(F)(F)S(=O)(=O)[O-]. The summed E-state index contributed by atoms with van der Waals surface area (Å²) in [5.41, 5.74) is 0. The first-order chi connectivity index (χ1) is 6.56. The van der Waals surface area contributed by atoms with Gasteiger partial charge >= 0.3 is 11.3 Å². The molecule has 0 atom stereocenters. The molecule has 90 valence electrons. The molecule has 0 saturated carbocycles. The third-order valence-electron chi connectivity index (χ3n) is 1.14. The summed E-state index contributed by atoms with van der Waals surface area (Å²) in [4.78, 5) is 10.7. The molecular weight excluding hydrogens is 236 g/mol. The van der Waals surface area contributed by atoms with E-state index < -0.39 is 28.1 Å². The lowest BCUT2D eigenvalue weighted by Crippen LogP contribution is -2.38. The van der Waals surface area contributed by atoms with Crippen LogP contribution in [0.2, 0.25) is 0 Å². The molecule has 0 unspecified atom stereocenters. The molecule has 0 fully saturated rings. The Kier molecular flexibility index (Phi) is 4.41. The van der Waals surface area contributed by atoms with Gasteiger partial charge in [-0.15, -0.1) is 0 Å². The summed E-state index contributed by atoms with van der Waals surface area (Å²) in [6, 6.07) is -0.352. The third kappa shape index (κ3) is 4.88. The summed E-state index contributed by atoms with van der Waals surface area (Å²) in [5, 5.41) is -2.53. The molecule has 0 aromatic carbocycles. The van der Waals surface area contributed by atoms with Crippen molar-refractivity contribution in [2.45, 2.75) is 25.1 Å². The second-order valence-corrected chi connectivity index (χ2v) is 4.47. The molecule has 1 N–H and O–H groups in total. The van der Waals surface area contributed by atoms with Crippen molar-refractivity contribution in [2.24, 2.45) is 0 Å². The Morgan fingerprint density at radius 2 is 2.00 bits per heavy atom. The molecule has 0 bridgehead atoms. The van der Waals surface area contributed by atoms with Gasteiger partial charge in [0, 0.05) is 6.04 Å². The van der Waals surface area contributed by atoms with Crippen LogP contribution in [0, 0.1) is 0 Å². The summed E-state index contributed by atoms with van der Waals surface area (Å²) in [7, 11) is -5.81. The van der Waals surface area contributed by atoms with E-state index in [1.807, 2.05) is 0 Å². The lowest BCUT2D eigenvalue weighted by molar-refractivity contribution is 0.00622. The lowest BCUT2D eigenvalue weighted by atomic mass is 10.4. The number of rotatable bonds is 4. The average Bonchev–Trinajstić information content (AvgIpc) is 1.97. The molecule has 0 aliphatic heterocycles. The third-order valence-corrected chi connectivity index (χ3v) is 1.99. The number of hydrogen-bond acceptors (Lipinski definition) is 5. The van der Waals surface area contributed by atoms with E-state index in [9.17, 15) is 26.5 Å². The summed E-state index contributed by atoms with van der Waals surface area (Å²) < 4.78 is 58.6. The average molecular weight is 246 g/mol. The zero-order chi connectivity index (χ0) is 12.3. The van der Waals surface area contributed by atoms with Crippen LogP contribution in [0.1, 0.15) is 13.8 Å². The predicted octanol–water partition coefficient (Wildman–Crippen LogP) is 0.259. The molecule has 0 aromatic rings. The van der Waals surface area contributed by atoms with Crippen molar-refractivity contribution in [3.8, 4) is 0 Å². The van der Waals surface area contributed by atoms with E-state index in [0.29, 0.717) is 0 Å². The molecule has 6 nitrogen and oxygen atoms in total. The van der Waals surface area contributed by atoms with Crippen molar-refractivity contribution in [1.29, 1.82) is 0 Å². The molecular formula is C6H10F2NO5S-. The van der Waals surface area contributed by atoms with Crippen LogP contribution >= 0.6 is 0 Å². The number of nitrogens with one attached hydrogen (secondary N) is 1. The van der Waals surface area contributed by atoms with Gasteiger partial charge < -0.3 is 14.6 Å². The number of alkyl carbamates (subject to hydrolysis) is 1. The summed E-state index contributed by atoms with van der Waals surface area (Å²) in [5.74, 6) is 0. The highest BCUT2D eigenvalue weighted by atomic mass is 32.2. The van der Waals surface area contributed by atoms with Gasteiger partial charge in [0.1, 0.15) is 0 Å². The highest BCUT2D eigenvalue weighted by Crippen LogP contribution is 2.20. The fourth-order valence-corrected chi connectivity index (χ4v) is 0.702. The van der Waals surface area contributed by atoms with E-state index >= 15 is 0 Å². The molecule has 15 heavy (non-hydrogen) atoms. The number of carbonyl (C=O) groups is 1. The van der Waals surface area contributed by atoms with Crippen LogP contribution in [-0.4, -0.2) is 37.0 Å². The van der Waals surface area contributed by atoms with Crippen molar-refractivity contribution in [3.05, 3.63) is 0 Å². The van der Waals surface area contributed by atoms with Crippen molar-refractivity contribution in [2.75, 3.05) is 6.61 Å². The molecule has 0 heterocycles.